The monoisotopic (exact) mass is 593 g/mol. The van der Waals surface area contributed by atoms with Crippen LogP contribution < -0.4 is 10.6 Å². The van der Waals surface area contributed by atoms with Gasteiger partial charge in [-0.3, -0.25) is 9.59 Å². The Morgan fingerprint density at radius 2 is 1.29 bits per heavy atom. The molecule has 0 aromatic carbocycles. The van der Waals surface area contributed by atoms with Gasteiger partial charge in [0.25, 0.3) is 0 Å². The highest BCUT2D eigenvalue weighted by atomic mass is 16.5. The fourth-order valence-electron chi connectivity index (χ4n) is 5.67. The normalized spacial score (nSPS) is 18.2. The van der Waals surface area contributed by atoms with Crippen molar-refractivity contribution in [1.82, 2.24) is 15.5 Å². The van der Waals surface area contributed by atoms with E-state index in [1.807, 2.05) is 25.1 Å². The summed E-state index contributed by atoms with van der Waals surface area (Å²) in [5.74, 6) is -2.02. The molecule has 0 saturated heterocycles. The van der Waals surface area contributed by atoms with E-state index in [0.29, 0.717) is 19.5 Å². The van der Waals surface area contributed by atoms with Crippen LogP contribution in [0.1, 0.15) is 122 Å². The van der Waals surface area contributed by atoms with Gasteiger partial charge in [-0.25, -0.2) is 4.79 Å². The second-order valence-corrected chi connectivity index (χ2v) is 12.3. The number of carbonyl (C=O) groups is 3. The summed E-state index contributed by atoms with van der Waals surface area (Å²) in [6.45, 7) is 4.25. The summed E-state index contributed by atoms with van der Waals surface area (Å²) in [6, 6.07) is 0. The third-order valence-electron chi connectivity index (χ3n) is 8.31. The molecule has 0 spiro atoms. The molecule has 1 aliphatic carbocycles. The molecule has 0 saturated carbocycles. The number of hydrogen-bond acceptors (Lipinski definition) is 6. The average Bonchev–Trinajstić information content (AvgIpc) is 2.99. The maximum atomic E-state index is 13.1. The third-order valence-corrected chi connectivity index (χ3v) is 8.31. The van der Waals surface area contributed by atoms with Gasteiger partial charge in [0.2, 0.25) is 5.91 Å². The van der Waals surface area contributed by atoms with Crippen LogP contribution >= 0.6 is 0 Å². The molecule has 0 radical (unpaired) electrons. The number of nitrogens with zero attached hydrogens (tertiary/aromatic N) is 1. The number of alkyl carbamates (subject to hydrolysis) is 1. The molecular weight excluding hydrogens is 530 g/mol. The Balaban J connectivity index is 2.23. The van der Waals surface area contributed by atoms with Gasteiger partial charge in [0.15, 0.2) is 0 Å². The van der Waals surface area contributed by atoms with Crippen LogP contribution in [-0.2, 0) is 19.1 Å². The molecule has 0 aliphatic heterocycles. The van der Waals surface area contributed by atoms with Crippen LogP contribution in [0.2, 0.25) is 0 Å². The predicted molar refractivity (Wildman–Crippen MR) is 171 cm³/mol. The number of methoxy groups -OCH3 is 1. The number of amides is 2. The molecule has 1 aliphatic rings. The second-order valence-electron chi connectivity index (χ2n) is 12.3. The minimum atomic E-state index is -0.614. The predicted octanol–water partition coefficient (Wildman–Crippen LogP) is 7.02. The Morgan fingerprint density at radius 3 is 1.81 bits per heavy atom. The van der Waals surface area contributed by atoms with Crippen molar-refractivity contribution in [1.29, 1.82) is 0 Å². The van der Waals surface area contributed by atoms with E-state index in [1.54, 1.807) is 6.08 Å². The number of carbonyl (C=O) groups excluding carboxylic acids is 3. The van der Waals surface area contributed by atoms with Gasteiger partial charge in [-0.05, 0) is 39.9 Å². The highest BCUT2D eigenvalue weighted by Gasteiger charge is 2.40. The standard InChI is InChI=1S/C34H63N3O5/c1-5-6-7-8-9-10-11-12-13-14-15-16-17-18-19-20-25-35-32(38)29-23-21-24-30(33(39)41-4)31(29)28-42-34(40)36-26-22-27-37(2)3/h21,24,29-31H,5-20,22-23,25-28H2,1-4H3,(H,35,38)(H,36,40). The van der Waals surface area contributed by atoms with Crippen LogP contribution in [-0.4, -0.2) is 70.3 Å². The van der Waals surface area contributed by atoms with Crippen molar-refractivity contribution >= 4 is 18.0 Å². The molecule has 0 fully saturated rings. The van der Waals surface area contributed by atoms with E-state index in [2.05, 4.69) is 17.6 Å². The lowest BCUT2D eigenvalue weighted by Crippen LogP contribution is -2.44. The van der Waals surface area contributed by atoms with E-state index in [9.17, 15) is 14.4 Å². The first-order valence-electron chi connectivity index (χ1n) is 17.0. The summed E-state index contributed by atoms with van der Waals surface area (Å²) in [5, 5.41) is 5.81. The van der Waals surface area contributed by atoms with Gasteiger partial charge in [-0.1, -0.05) is 115 Å². The Labute approximate surface area is 257 Å². The molecule has 0 heterocycles. The first-order valence-corrected chi connectivity index (χ1v) is 17.0. The Kier molecular flexibility index (Phi) is 23.0. The van der Waals surface area contributed by atoms with Crippen LogP contribution in [0.15, 0.2) is 12.2 Å². The number of unbranched alkanes of at least 4 members (excludes halogenated alkanes) is 15. The summed E-state index contributed by atoms with van der Waals surface area (Å²) >= 11 is 0. The quantitative estimate of drug-likeness (QED) is 0.0671. The summed E-state index contributed by atoms with van der Waals surface area (Å²) in [6.07, 6.45) is 25.5. The van der Waals surface area contributed by atoms with Crippen LogP contribution in [0.5, 0.6) is 0 Å². The van der Waals surface area contributed by atoms with Gasteiger partial charge < -0.3 is 25.0 Å². The smallest absolute Gasteiger partial charge is 0.407 e. The van der Waals surface area contributed by atoms with Gasteiger partial charge in [0.1, 0.15) is 0 Å². The SMILES string of the molecule is CCCCCCCCCCCCCCCCCCNC(=O)C1CC=CC(C(=O)OC)C1COC(=O)NCCCN(C)C. The molecule has 3 unspecified atom stereocenters. The largest absolute Gasteiger partial charge is 0.469 e. The molecule has 2 amide bonds. The maximum Gasteiger partial charge on any atom is 0.407 e. The zero-order valence-electron chi connectivity index (χ0n) is 27.4. The lowest BCUT2D eigenvalue weighted by Gasteiger charge is -2.32. The highest BCUT2D eigenvalue weighted by molar-refractivity contribution is 5.82. The average molecular weight is 594 g/mol. The lowest BCUT2D eigenvalue weighted by atomic mass is 9.75. The van der Waals surface area contributed by atoms with Crippen LogP contribution in [0.25, 0.3) is 0 Å². The molecule has 8 nitrogen and oxygen atoms in total. The molecule has 0 bridgehead atoms. The lowest BCUT2D eigenvalue weighted by molar-refractivity contribution is -0.148. The van der Waals surface area contributed by atoms with E-state index < -0.39 is 29.8 Å². The van der Waals surface area contributed by atoms with E-state index in [4.69, 9.17) is 9.47 Å². The van der Waals surface area contributed by atoms with E-state index >= 15 is 0 Å². The van der Waals surface area contributed by atoms with Crippen LogP contribution in [0.3, 0.4) is 0 Å². The van der Waals surface area contributed by atoms with Crippen LogP contribution in [0.4, 0.5) is 4.79 Å². The summed E-state index contributed by atoms with van der Waals surface area (Å²) in [5.41, 5.74) is 0. The molecule has 0 aromatic rings. The molecule has 1 rings (SSSR count). The molecule has 8 heteroatoms. The minimum absolute atomic E-state index is 0.0131. The Hall–Kier alpha value is -2.09. The number of allylic oxidation sites excluding steroid dienone is 1. The number of esters is 1. The van der Waals surface area contributed by atoms with Gasteiger partial charge in [0, 0.05) is 24.9 Å². The fourth-order valence-corrected chi connectivity index (χ4v) is 5.67. The summed E-state index contributed by atoms with van der Waals surface area (Å²) in [4.78, 5) is 39.8. The van der Waals surface area contributed by atoms with E-state index in [0.717, 1.165) is 25.8 Å². The van der Waals surface area contributed by atoms with Crippen molar-refractivity contribution < 1.29 is 23.9 Å². The van der Waals surface area contributed by atoms with Crippen LogP contribution in [0, 0.1) is 17.8 Å². The molecule has 3 atom stereocenters. The van der Waals surface area contributed by atoms with E-state index in [1.165, 1.54) is 97.0 Å². The van der Waals surface area contributed by atoms with Gasteiger partial charge in [-0.15, -0.1) is 0 Å². The van der Waals surface area contributed by atoms with Crippen molar-refractivity contribution in [2.45, 2.75) is 122 Å². The summed E-state index contributed by atoms with van der Waals surface area (Å²) in [7, 11) is 5.30. The first kappa shape index (κ1) is 37.9. The molecule has 42 heavy (non-hydrogen) atoms. The fraction of sp³-hybridized carbons (Fsp3) is 0.853. The number of nitrogens with one attached hydrogen (secondary N) is 2. The number of hydrogen-bond donors (Lipinski definition) is 2. The van der Waals surface area contributed by atoms with Crippen molar-refractivity contribution in [2.75, 3.05) is 47.4 Å². The molecule has 0 aromatic heterocycles. The van der Waals surface area contributed by atoms with Crippen molar-refractivity contribution in [2.24, 2.45) is 17.8 Å². The Bertz CT molecular complexity index is 743. The van der Waals surface area contributed by atoms with Gasteiger partial charge >= 0.3 is 12.1 Å². The van der Waals surface area contributed by atoms with Gasteiger partial charge in [-0.2, -0.15) is 0 Å². The molecular formula is C34H63N3O5. The zero-order valence-corrected chi connectivity index (χ0v) is 27.4. The third kappa shape index (κ3) is 18.4. The summed E-state index contributed by atoms with van der Waals surface area (Å²) < 4.78 is 10.4. The minimum Gasteiger partial charge on any atom is -0.469 e. The van der Waals surface area contributed by atoms with Gasteiger partial charge in [0.05, 0.1) is 19.6 Å². The molecule has 2 N–H and O–H groups in total. The van der Waals surface area contributed by atoms with Crippen molar-refractivity contribution in [3.8, 4) is 0 Å². The Morgan fingerprint density at radius 1 is 0.762 bits per heavy atom. The molecule has 244 valence electrons. The van der Waals surface area contributed by atoms with Crippen molar-refractivity contribution in [3.05, 3.63) is 12.2 Å². The van der Waals surface area contributed by atoms with E-state index in [-0.39, 0.29) is 12.5 Å². The first-order chi connectivity index (χ1) is 20.4. The highest BCUT2D eigenvalue weighted by Crippen LogP contribution is 2.32. The second kappa shape index (κ2) is 25.4. The zero-order chi connectivity index (χ0) is 30.8. The van der Waals surface area contributed by atoms with Crippen molar-refractivity contribution in [3.63, 3.8) is 0 Å². The topological polar surface area (TPSA) is 97.0 Å². The maximum absolute atomic E-state index is 13.1. The number of ether oxygens (including phenoxy) is 2. The number of rotatable bonds is 25.